The fraction of sp³-hybridized carbons (Fsp3) is 0.364. The van der Waals surface area contributed by atoms with Gasteiger partial charge in [-0.1, -0.05) is 25.1 Å². The molecule has 2 rings (SSSR count). The summed E-state index contributed by atoms with van der Waals surface area (Å²) in [4.78, 5) is 11.4. The van der Waals surface area contributed by atoms with Gasteiger partial charge in [0.15, 0.2) is 0 Å². The van der Waals surface area contributed by atoms with E-state index in [0.29, 0.717) is 11.7 Å². The van der Waals surface area contributed by atoms with E-state index in [0.717, 1.165) is 6.42 Å². The highest BCUT2D eigenvalue weighted by molar-refractivity contribution is 5.77. The third-order valence-corrected chi connectivity index (χ3v) is 2.37. The number of hydrogen-bond acceptors (Lipinski definition) is 2. The third-order valence-electron chi connectivity index (χ3n) is 2.37. The first-order valence-corrected chi connectivity index (χ1v) is 4.54. The molecule has 0 heterocycles. The molecule has 1 aromatic rings. The van der Waals surface area contributed by atoms with Crippen LogP contribution in [0.2, 0.25) is 0 Å². The lowest BCUT2D eigenvalue weighted by molar-refractivity contribution is -0.136. The first-order valence-electron chi connectivity index (χ1n) is 4.54. The van der Waals surface area contributed by atoms with E-state index < -0.39 is 0 Å². The predicted octanol–water partition coefficient (Wildman–Crippen LogP) is 2.25. The molecule has 68 valence electrons. The highest BCUT2D eigenvalue weighted by Gasteiger charge is 2.40. The van der Waals surface area contributed by atoms with Gasteiger partial charge in [0.2, 0.25) is 0 Å². The standard InChI is InChI=1S/C11H12O2/c1-8-7-10(8)11(12)13-9-5-3-2-4-6-9/h2-6,8,10H,7H2,1H3/t8-,10-/m0/s1. The van der Waals surface area contributed by atoms with Crippen molar-refractivity contribution in [2.24, 2.45) is 11.8 Å². The first-order chi connectivity index (χ1) is 6.27. The molecule has 0 radical (unpaired) electrons. The molecule has 0 spiro atoms. The lowest BCUT2D eigenvalue weighted by Gasteiger charge is -2.01. The average molecular weight is 176 g/mol. The molecule has 0 saturated heterocycles. The summed E-state index contributed by atoms with van der Waals surface area (Å²) in [5, 5.41) is 0. The van der Waals surface area contributed by atoms with Crippen LogP contribution in [0.5, 0.6) is 5.75 Å². The van der Waals surface area contributed by atoms with Crippen molar-refractivity contribution in [3.05, 3.63) is 30.3 Å². The lowest BCUT2D eigenvalue weighted by atomic mass is 10.3. The van der Waals surface area contributed by atoms with E-state index in [1.807, 2.05) is 18.2 Å². The van der Waals surface area contributed by atoms with Crippen LogP contribution >= 0.6 is 0 Å². The molecular formula is C11H12O2. The zero-order chi connectivity index (χ0) is 9.26. The highest BCUT2D eigenvalue weighted by atomic mass is 16.5. The van der Waals surface area contributed by atoms with E-state index in [4.69, 9.17) is 4.74 Å². The van der Waals surface area contributed by atoms with Gasteiger partial charge in [0, 0.05) is 0 Å². The number of para-hydroxylation sites is 1. The fourth-order valence-electron chi connectivity index (χ4n) is 1.33. The van der Waals surface area contributed by atoms with Crippen LogP contribution in [0.25, 0.3) is 0 Å². The molecule has 0 aromatic heterocycles. The fourth-order valence-corrected chi connectivity index (χ4v) is 1.33. The summed E-state index contributed by atoms with van der Waals surface area (Å²) in [6.45, 7) is 2.07. The topological polar surface area (TPSA) is 26.3 Å². The molecule has 2 heteroatoms. The molecule has 1 aliphatic carbocycles. The second-order valence-electron chi connectivity index (χ2n) is 3.55. The predicted molar refractivity (Wildman–Crippen MR) is 49.3 cm³/mol. The van der Waals surface area contributed by atoms with E-state index in [-0.39, 0.29) is 11.9 Å². The van der Waals surface area contributed by atoms with Gasteiger partial charge in [-0.15, -0.1) is 0 Å². The van der Waals surface area contributed by atoms with E-state index >= 15 is 0 Å². The van der Waals surface area contributed by atoms with Crippen molar-refractivity contribution in [3.63, 3.8) is 0 Å². The summed E-state index contributed by atoms with van der Waals surface area (Å²) in [6.07, 6.45) is 0.978. The Bertz CT molecular complexity index is 305. The minimum absolute atomic E-state index is 0.0845. The van der Waals surface area contributed by atoms with Crippen molar-refractivity contribution < 1.29 is 9.53 Å². The van der Waals surface area contributed by atoms with Crippen molar-refractivity contribution in [2.75, 3.05) is 0 Å². The Hall–Kier alpha value is -1.31. The van der Waals surface area contributed by atoms with Gasteiger partial charge >= 0.3 is 5.97 Å². The second kappa shape index (κ2) is 3.21. The van der Waals surface area contributed by atoms with Gasteiger partial charge in [-0.05, 0) is 24.5 Å². The normalized spacial score (nSPS) is 25.3. The minimum atomic E-state index is -0.0845. The summed E-state index contributed by atoms with van der Waals surface area (Å²) < 4.78 is 5.17. The van der Waals surface area contributed by atoms with Crippen LogP contribution in [0.15, 0.2) is 30.3 Å². The van der Waals surface area contributed by atoms with Gasteiger partial charge in [0.05, 0.1) is 5.92 Å². The molecule has 0 amide bonds. The summed E-state index contributed by atoms with van der Waals surface area (Å²) in [5.74, 6) is 1.21. The highest BCUT2D eigenvalue weighted by Crippen LogP contribution is 2.38. The number of carbonyl (C=O) groups is 1. The van der Waals surface area contributed by atoms with Crippen molar-refractivity contribution >= 4 is 5.97 Å². The first kappa shape index (κ1) is 8.30. The second-order valence-corrected chi connectivity index (χ2v) is 3.55. The number of carbonyl (C=O) groups excluding carboxylic acids is 1. The van der Waals surface area contributed by atoms with Crippen LogP contribution in [0.4, 0.5) is 0 Å². The summed E-state index contributed by atoms with van der Waals surface area (Å²) in [7, 11) is 0. The maximum absolute atomic E-state index is 11.4. The lowest BCUT2D eigenvalue weighted by Crippen LogP contribution is -2.10. The van der Waals surface area contributed by atoms with E-state index in [9.17, 15) is 4.79 Å². The maximum Gasteiger partial charge on any atom is 0.314 e. The summed E-state index contributed by atoms with van der Waals surface area (Å²) in [5.41, 5.74) is 0. The zero-order valence-corrected chi connectivity index (χ0v) is 7.57. The van der Waals surface area contributed by atoms with Gasteiger partial charge in [-0.3, -0.25) is 4.79 Å². The van der Waals surface area contributed by atoms with Crippen LogP contribution in [0.3, 0.4) is 0 Å². The number of benzene rings is 1. The van der Waals surface area contributed by atoms with Crippen molar-refractivity contribution in [1.29, 1.82) is 0 Å². The van der Waals surface area contributed by atoms with Crippen LogP contribution < -0.4 is 4.74 Å². The van der Waals surface area contributed by atoms with Crippen LogP contribution in [0, 0.1) is 11.8 Å². The molecule has 1 aliphatic rings. The van der Waals surface area contributed by atoms with Gasteiger partial charge in [0.25, 0.3) is 0 Å². The Balaban J connectivity index is 1.95. The number of ether oxygens (including phenoxy) is 1. The molecule has 2 atom stereocenters. The van der Waals surface area contributed by atoms with Crippen molar-refractivity contribution in [1.82, 2.24) is 0 Å². The molecule has 0 bridgehead atoms. The molecule has 1 fully saturated rings. The minimum Gasteiger partial charge on any atom is -0.426 e. The number of rotatable bonds is 2. The molecule has 0 unspecified atom stereocenters. The van der Waals surface area contributed by atoms with E-state index in [1.165, 1.54) is 0 Å². The number of hydrogen-bond donors (Lipinski definition) is 0. The largest absolute Gasteiger partial charge is 0.426 e. The Morgan fingerprint density at radius 2 is 2.00 bits per heavy atom. The average Bonchev–Trinajstić information content (AvgIpc) is 2.84. The maximum atomic E-state index is 11.4. The monoisotopic (exact) mass is 176 g/mol. The third kappa shape index (κ3) is 1.89. The Morgan fingerprint density at radius 1 is 1.38 bits per heavy atom. The molecule has 0 aliphatic heterocycles. The van der Waals surface area contributed by atoms with Gasteiger partial charge in [-0.2, -0.15) is 0 Å². The van der Waals surface area contributed by atoms with Crippen LogP contribution in [-0.2, 0) is 4.79 Å². The summed E-state index contributed by atoms with van der Waals surface area (Å²) in [6, 6.07) is 9.21. The van der Waals surface area contributed by atoms with Gasteiger partial charge in [0.1, 0.15) is 5.75 Å². The van der Waals surface area contributed by atoms with E-state index in [2.05, 4.69) is 6.92 Å². The summed E-state index contributed by atoms with van der Waals surface area (Å²) >= 11 is 0. The number of esters is 1. The van der Waals surface area contributed by atoms with Crippen LogP contribution in [-0.4, -0.2) is 5.97 Å². The van der Waals surface area contributed by atoms with Crippen molar-refractivity contribution in [2.45, 2.75) is 13.3 Å². The Labute approximate surface area is 77.5 Å². The Morgan fingerprint density at radius 3 is 2.54 bits per heavy atom. The van der Waals surface area contributed by atoms with Crippen molar-refractivity contribution in [3.8, 4) is 5.75 Å². The molecular weight excluding hydrogens is 164 g/mol. The van der Waals surface area contributed by atoms with Gasteiger partial charge in [-0.25, -0.2) is 0 Å². The SMILES string of the molecule is C[C@H]1C[C@@H]1C(=O)Oc1ccccc1. The van der Waals surface area contributed by atoms with Gasteiger partial charge < -0.3 is 4.74 Å². The molecule has 0 N–H and O–H groups in total. The molecule has 2 nitrogen and oxygen atoms in total. The quantitative estimate of drug-likeness (QED) is 0.510. The molecule has 1 saturated carbocycles. The smallest absolute Gasteiger partial charge is 0.314 e. The van der Waals surface area contributed by atoms with E-state index in [1.54, 1.807) is 12.1 Å². The van der Waals surface area contributed by atoms with Crippen LogP contribution in [0.1, 0.15) is 13.3 Å². The zero-order valence-electron chi connectivity index (χ0n) is 7.57. The molecule has 1 aromatic carbocycles. The Kier molecular flexibility index (Phi) is 2.05. The molecule has 13 heavy (non-hydrogen) atoms.